The fraction of sp³-hybridized carbons (Fsp3) is 0.467. The first-order chi connectivity index (χ1) is 8.56. The van der Waals surface area contributed by atoms with Crippen molar-refractivity contribution in [2.24, 2.45) is 0 Å². The molecular weight excluding hydrogens is 244 g/mol. The molecule has 0 aliphatic rings. The third-order valence-electron chi connectivity index (χ3n) is 3.30. The van der Waals surface area contributed by atoms with Crippen molar-refractivity contribution < 1.29 is 0 Å². The zero-order valence-corrected chi connectivity index (χ0v) is 12.0. The second-order valence-electron chi connectivity index (χ2n) is 4.58. The number of hydrogen-bond donors (Lipinski definition) is 1. The third-order valence-corrected chi connectivity index (χ3v) is 3.54. The molecule has 1 N–H and O–H groups in total. The first kappa shape index (κ1) is 15.0. The Labute approximate surface area is 115 Å². The lowest BCUT2D eigenvalue weighted by Gasteiger charge is -2.31. The molecule has 0 heterocycles. The van der Waals surface area contributed by atoms with E-state index in [1.54, 1.807) is 0 Å². The van der Waals surface area contributed by atoms with Crippen LogP contribution in [0, 0.1) is 12.3 Å². The fourth-order valence-corrected chi connectivity index (χ4v) is 2.08. The maximum Gasteiger partial charge on any atom is 0.0574 e. The molecule has 0 saturated carbocycles. The molecule has 1 aromatic carbocycles. The zero-order chi connectivity index (χ0) is 13.5. The largest absolute Gasteiger partial charge is 0.305 e. The van der Waals surface area contributed by atoms with Crippen LogP contribution in [-0.2, 0) is 0 Å². The monoisotopic (exact) mass is 264 g/mol. The minimum atomic E-state index is 0.325. The number of rotatable bonds is 6. The molecule has 1 rings (SSSR count). The molecule has 18 heavy (non-hydrogen) atoms. The van der Waals surface area contributed by atoms with E-state index in [9.17, 15) is 0 Å². The quantitative estimate of drug-likeness (QED) is 0.628. The Hall–Kier alpha value is -1.01. The second-order valence-corrected chi connectivity index (χ2v) is 5.02. The van der Waals surface area contributed by atoms with Gasteiger partial charge in [-0.15, -0.1) is 6.42 Å². The Kier molecular flexibility index (Phi) is 6.21. The van der Waals surface area contributed by atoms with Gasteiger partial charge < -0.3 is 5.32 Å². The van der Waals surface area contributed by atoms with E-state index in [0.29, 0.717) is 18.6 Å². The number of halogens is 1. The maximum absolute atomic E-state index is 6.02. The molecule has 0 spiro atoms. The van der Waals surface area contributed by atoms with E-state index in [-0.39, 0.29) is 0 Å². The molecule has 0 amide bonds. The number of likely N-dealkylation sites (N-methyl/N-ethyl adjacent to an activating group) is 1. The summed E-state index contributed by atoms with van der Waals surface area (Å²) in [4.78, 5) is 2.31. The van der Waals surface area contributed by atoms with Crippen molar-refractivity contribution in [1.82, 2.24) is 10.2 Å². The maximum atomic E-state index is 6.02. The predicted octanol–water partition coefficient (Wildman–Crippen LogP) is 2.94. The van der Waals surface area contributed by atoms with Crippen molar-refractivity contribution in [3.63, 3.8) is 0 Å². The van der Waals surface area contributed by atoms with Crippen LogP contribution in [-0.4, -0.2) is 31.1 Å². The Balaban J connectivity index is 2.60. The van der Waals surface area contributed by atoms with E-state index in [1.807, 2.05) is 18.2 Å². The Bertz CT molecular complexity index is 411. The first-order valence-electron chi connectivity index (χ1n) is 6.17. The van der Waals surface area contributed by atoms with Gasteiger partial charge in [0.25, 0.3) is 0 Å². The van der Waals surface area contributed by atoms with Gasteiger partial charge in [-0.2, -0.15) is 0 Å². The van der Waals surface area contributed by atoms with Crippen molar-refractivity contribution in [3.8, 4) is 12.3 Å². The van der Waals surface area contributed by atoms with Gasteiger partial charge in [0.2, 0.25) is 0 Å². The summed E-state index contributed by atoms with van der Waals surface area (Å²) < 4.78 is 0. The molecule has 2 unspecified atom stereocenters. The number of benzene rings is 1. The van der Waals surface area contributed by atoms with Crippen molar-refractivity contribution in [2.75, 3.05) is 20.1 Å². The summed E-state index contributed by atoms with van der Waals surface area (Å²) in [5.74, 6) is 2.58. The van der Waals surface area contributed by atoms with Gasteiger partial charge in [-0.1, -0.05) is 29.7 Å². The van der Waals surface area contributed by atoms with Gasteiger partial charge in [0.1, 0.15) is 0 Å². The summed E-state index contributed by atoms with van der Waals surface area (Å²) in [6.45, 7) is 5.86. The number of nitrogens with zero attached hydrogens (tertiary/aromatic N) is 1. The van der Waals surface area contributed by atoms with Crippen LogP contribution < -0.4 is 5.32 Å². The van der Waals surface area contributed by atoms with Gasteiger partial charge in [0, 0.05) is 23.7 Å². The number of nitrogens with one attached hydrogen (secondary N) is 1. The first-order valence-corrected chi connectivity index (χ1v) is 6.55. The van der Waals surface area contributed by atoms with Gasteiger partial charge in [-0.25, -0.2) is 0 Å². The summed E-state index contributed by atoms with van der Waals surface area (Å²) in [6, 6.07) is 8.75. The molecule has 3 heteroatoms. The average Bonchev–Trinajstić information content (AvgIpc) is 2.37. The van der Waals surface area contributed by atoms with Crippen LogP contribution >= 0.6 is 11.6 Å². The minimum Gasteiger partial charge on any atom is -0.305 e. The lowest BCUT2D eigenvalue weighted by atomic mass is 10.1. The van der Waals surface area contributed by atoms with Gasteiger partial charge in [-0.05, 0) is 38.6 Å². The van der Waals surface area contributed by atoms with E-state index in [4.69, 9.17) is 18.0 Å². The van der Waals surface area contributed by atoms with Gasteiger partial charge in [-0.3, -0.25) is 4.90 Å². The van der Waals surface area contributed by atoms with Crippen LogP contribution in [0.15, 0.2) is 24.3 Å². The van der Waals surface area contributed by atoms with E-state index in [0.717, 1.165) is 11.6 Å². The Morgan fingerprint density at radius 2 is 2.17 bits per heavy atom. The molecule has 98 valence electrons. The van der Waals surface area contributed by atoms with Crippen LogP contribution in [0.2, 0.25) is 5.02 Å². The molecule has 0 saturated heterocycles. The highest BCUT2D eigenvalue weighted by Crippen LogP contribution is 2.23. The van der Waals surface area contributed by atoms with Crippen LogP contribution in [0.25, 0.3) is 0 Å². The topological polar surface area (TPSA) is 15.3 Å². The van der Waals surface area contributed by atoms with Crippen LogP contribution in [0.5, 0.6) is 0 Å². The van der Waals surface area contributed by atoms with Crippen molar-refractivity contribution >= 4 is 11.6 Å². The lowest BCUT2D eigenvalue weighted by Crippen LogP contribution is -2.39. The molecule has 0 aliphatic heterocycles. The van der Waals surface area contributed by atoms with Gasteiger partial charge in [0.15, 0.2) is 0 Å². The van der Waals surface area contributed by atoms with Crippen LogP contribution in [0.3, 0.4) is 0 Å². The number of hydrogen-bond acceptors (Lipinski definition) is 2. The summed E-state index contributed by atoms with van der Waals surface area (Å²) in [6.07, 6.45) is 5.22. The molecule has 0 radical (unpaired) electrons. The molecule has 2 nitrogen and oxygen atoms in total. The summed E-state index contributed by atoms with van der Waals surface area (Å²) in [5.41, 5.74) is 1.23. The highest BCUT2D eigenvalue weighted by Gasteiger charge is 2.17. The fourth-order valence-electron chi connectivity index (χ4n) is 1.88. The Morgan fingerprint density at radius 1 is 1.44 bits per heavy atom. The van der Waals surface area contributed by atoms with Crippen molar-refractivity contribution in [2.45, 2.75) is 25.9 Å². The molecule has 1 aromatic rings. The molecule has 0 bridgehead atoms. The smallest absolute Gasteiger partial charge is 0.0574 e. The highest BCUT2D eigenvalue weighted by molar-refractivity contribution is 6.30. The predicted molar refractivity (Wildman–Crippen MR) is 78.8 cm³/mol. The Morgan fingerprint density at radius 3 is 2.78 bits per heavy atom. The van der Waals surface area contributed by atoms with Crippen LogP contribution in [0.4, 0.5) is 0 Å². The van der Waals surface area contributed by atoms with Gasteiger partial charge >= 0.3 is 0 Å². The minimum absolute atomic E-state index is 0.325. The highest BCUT2D eigenvalue weighted by atomic mass is 35.5. The SMILES string of the molecule is C#CCNCC(C)N(C)C(C)c1cccc(Cl)c1. The summed E-state index contributed by atoms with van der Waals surface area (Å²) >= 11 is 6.02. The normalized spacial score (nSPS) is 14.2. The second kappa shape index (κ2) is 7.43. The third kappa shape index (κ3) is 4.34. The molecule has 0 aromatic heterocycles. The zero-order valence-electron chi connectivity index (χ0n) is 11.3. The van der Waals surface area contributed by atoms with Gasteiger partial charge in [0.05, 0.1) is 6.54 Å². The average molecular weight is 265 g/mol. The van der Waals surface area contributed by atoms with E-state index >= 15 is 0 Å². The van der Waals surface area contributed by atoms with E-state index in [1.165, 1.54) is 5.56 Å². The van der Waals surface area contributed by atoms with Crippen LogP contribution in [0.1, 0.15) is 25.5 Å². The molecule has 2 atom stereocenters. The standard InChI is InChI=1S/C15H21ClN2/c1-5-9-17-11-12(2)18(4)13(3)14-7-6-8-15(16)10-14/h1,6-8,10,12-13,17H,9,11H2,2-4H3. The molecule has 0 aliphatic carbocycles. The van der Waals surface area contributed by atoms with Crippen molar-refractivity contribution in [1.29, 1.82) is 0 Å². The molecular formula is C15H21ClN2. The number of terminal acetylenes is 1. The van der Waals surface area contributed by atoms with E-state index in [2.05, 4.69) is 43.1 Å². The van der Waals surface area contributed by atoms with Crippen molar-refractivity contribution in [3.05, 3.63) is 34.9 Å². The lowest BCUT2D eigenvalue weighted by molar-refractivity contribution is 0.194. The summed E-state index contributed by atoms with van der Waals surface area (Å²) in [7, 11) is 2.12. The van der Waals surface area contributed by atoms with E-state index < -0.39 is 0 Å². The molecule has 0 fully saturated rings. The summed E-state index contributed by atoms with van der Waals surface area (Å²) in [5, 5.41) is 4.01.